The number of carbonyl (C=O) groups excluding carboxylic acids is 1. The van der Waals surface area contributed by atoms with E-state index in [1.807, 2.05) is 5.32 Å². The van der Waals surface area contributed by atoms with E-state index in [0.717, 1.165) is 0 Å². The smallest absolute Gasteiger partial charge is 0.312 e. The maximum Gasteiger partial charge on any atom is 0.312 e. The summed E-state index contributed by atoms with van der Waals surface area (Å²) < 4.78 is 38.2. The van der Waals surface area contributed by atoms with Crippen LogP contribution in [-0.2, 0) is 6.54 Å². The number of rotatable bonds is 2. The van der Waals surface area contributed by atoms with Gasteiger partial charge in [-0.3, -0.25) is 0 Å². The average molecular weight is 204 g/mol. The second kappa shape index (κ2) is 3.99. The van der Waals surface area contributed by atoms with Crippen molar-refractivity contribution in [2.45, 2.75) is 6.54 Å². The zero-order valence-electron chi connectivity index (χ0n) is 6.98. The van der Waals surface area contributed by atoms with Gasteiger partial charge in [0, 0.05) is 17.7 Å². The highest BCUT2D eigenvalue weighted by molar-refractivity contribution is 5.71. The molecule has 1 rings (SSSR count). The van der Waals surface area contributed by atoms with Gasteiger partial charge in [-0.1, -0.05) is 0 Å². The number of benzene rings is 1. The summed E-state index contributed by atoms with van der Waals surface area (Å²) in [4.78, 5) is 10.3. The second-order valence-electron chi connectivity index (χ2n) is 2.57. The van der Waals surface area contributed by atoms with E-state index in [2.05, 4.69) is 0 Å². The minimum Gasteiger partial charge on any atom is -0.352 e. The van der Waals surface area contributed by atoms with Crippen molar-refractivity contribution in [2.24, 2.45) is 5.73 Å². The van der Waals surface area contributed by atoms with Crippen molar-refractivity contribution in [3.05, 3.63) is 35.1 Å². The predicted octanol–water partition coefficient (Wildman–Crippen LogP) is 1.27. The number of halogens is 3. The molecule has 6 heteroatoms. The summed E-state index contributed by atoms with van der Waals surface area (Å²) in [6.07, 6.45) is 0. The highest BCUT2D eigenvalue weighted by Gasteiger charge is 2.11. The van der Waals surface area contributed by atoms with Crippen LogP contribution in [0.4, 0.5) is 18.0 Å². The van der Waals surface area contributed by atoms with Gasteiger partial charge in [-0.25, -0.2) is 18.0 Å². The third-order valence-electron chi connectivity index (χ3n) is 1.55. The van der Waals surface area contributed by atoms with Crippen molar-refractivity contribution >= 4 is 6.03 Å². The van der Waals surface area contributed by atoms with Crippen LogP contribution in [0, 0.1) is 17.5 Å². The molecule has 0 saturated carbocycles. The lowest BCUT2D eigenvalue weighted by molar-refractivity contribution is 0.248. The van der Waals surface area contributed by atoms with Crippen LogP contribution >= 0.6 is 0 Å². The van der Waals surface area contributed by atoms with E-state index in [-0.39, 0.29) is 0 Å². The van der Waals surface area contributed by atoms with Gasteiger partial charge in [-0.2, -0.15) is 0 Å². The summed E-state index contributed by atoms with van der Waals surface area (Å²) in [5.41, 5.74) is 4.28. The molecule has 0 saturated heterocycles. The van der Waals surface area contributed by atoms with Crippen LogP contribution in [0.1, 0.15) is 5.56 Å². The number of hydrogen-bond acceptors (Lipinski definition) is 1. The highest BCUT2D eigenvalue weighted by atomic mass is 19.1. The first-order valence-electron chi connectivity index (χ1n) is 3.67. The summed E-state index contributed by atoms with van der Waals surface area (Å²) in [6, 6.07) is 0.149. The van der Waals surface area contributed by atoms with Crippen LogP contribution in [-0.4, -0.2) is 6.03 Å². The third kappa shape index (κ3) is 2.38. The summed E-state index contributed by atoms with van der Waals surface area (Å²) in [7, 11) is 0. The topological polar surface area (TPSA) is 55.1 Å². The third-order valence-corrected chi connectivity index (χ3v) is 1.55. The second-order valence-corrected chi connectivity index (χ2v) is 2.57. The number of urea groups is 1. The van der Waals surface area contributed by atoms with Gasteiger partial charge < -0.3 is 11.1 Å². The summed E-state index contributed by atoms with van der Waals surface area (Å²) in [5.74, 6) is -3.13. The molecule has 1 aromatic carbocycles. The van der Waals surface area contributed by atoms with Crippen LogP contribution in [0.3, 0.4) is 0 Å². The number of nitrogens with one attached hydrogen (secondary N) is 1. The molecule has 3 N–H and O–H groups in total. The fraction of sp³-hybridized carbons (Fsp3) is 0.125. The van der Waals surface area contributed by atoms with Gasteiger partial charge in [-0.15, -0.1) is 0 Å². The Bertz CT molecular complexity index is 345. The summed E-state index contributed by atoms with van der Waals surface area (Å²) in [5, 5.41) is 2.00. The maximum atomic E-state index is 12.9. The van der Waals surface area contributed by atoms with Crippen LogP contribution < -0.4 is 11.1 Å². The van der Waals surface area contributed by atoms with Crippen molar-refractivity contribution in [1.29, 1.82) is 0 Å². The molecule has 2 amide bonds. The number of hydrogen-bond donors (Lipinski definition) is 2. The molecule has 3 nitrogen and oxygen atoms in total. The molecule has 0 aliphatic rings. The molecule has 0 aromatic heterocycles. The van der Waals surface area contributed by atoms with Crippen molar-refractivity contribution in [3.8, 4) is 0 Å². The Morgan fingerprint density at radius 1 is 1.29 bits per heavy atom. The van der Waals surface area contributed by atoms with E-state index in [4.69, 9.17) is 5.73 Å². The molecule has 0 bridgehead atoms. The quantitative estimate of drug-likeness (QED) is 0.748. The molecule has 0 aliphatic heterocycles. The van der Waals surface area contributed by atoms with Gasteiger partial charge in [-0.05, 0) is 0 Å². The van der Waals surface area contributed by atoms with Crippen LogP contribution in [0.25, 0.3) is 0 Å². The molecule has 14 heavy (non-hydrogen) atoms. The Hall–Kier alpha value is -1.72. The molecule has 0 fully saturated rings. The molecule has 0 unspecified atom stereocenters. The predicted molar refractivity (Wildman–Crippen MR) is 42.7 cm³/mol. The number of amides is 2. The lowest BCUT2D eigenvalue weighted by Gasteiger charge is -2.05. The highest BCUT2D eigenvalue weighted by Crippen LogP contribution is 2.14. The lowest BCUT2D eigenvalue weighted by Crippen LogP contribution is -2.29. The molecule has 0 heterocycles. The maximum absolute atomic E-state index is 12.9. The SMILES string of the molecule is NC(=O)NCc1c(F)cc(F)cc1F. The van der Waals surface area contributed by atoms with Crippen LogP contribution in [0.2, 0.25) is 0 Å². The minimum atomic E-state index is -1.06. The molecule has 1 aromatic rings. The van der Waals surface area contributed by atoms with Crippen LogP contribution in [0.15, 0.2) is 12.1 Å². The summed E-state index contributed by atoms with van der Waals surface area (Å²) >= 11 is 0. The largest absolute Gasteiger partial charge is 0.352 e. The first kappa shape index (κ1) is 10.4. The van der Waals surface area contributed by atoms with Crippen molar-refractivity contribution in [2.75, 3.05) is 0 Å². The Balaban J connectivity index is 2.91. The first-order valence-corrected chi connectivity index (χ1v) is 3.67. The average Bonchev–Trinajstić information content (AvgIpc) is 2.01. The van der Waals surface area contributed by atoms with Gasteiger partial charge in [0.05, 0.1) is 6.54 Å². The Kier molecular flexibility index (Phi) is 2.95. The Labute approximate surface area is 77.7 Å². The van der Waals surface area contributed by atoms with Crippen molar-refractivity contribution in [1.82, 2.24) is 5.32 Å². The van der Waals surface area contributed by atoms with Gasteiger partial charge in [0.15, 0.2) is 0 Å². The fourth-order valence-electron chi connectivity index (χ4n) is 0.916. The zero-order chi connectivity index (χ0) is 10.7. The standard InChI is InChI=1S/C8H7F3N2O/c9-4-1-6(10)5(7(11)2-4)3-13-8(12)14/h1-2H,3H2,(H3,12,13,14). The van der Waals surface area contributed by atoms with Gasteiger partial charge in [0.2, 0.25) is 0 Å². The van der Waals surface area contributed by atoms with E-state index < -0.39 is 35.6 Å². The minimum absolute atomic E-state index is 0.409. The summed E-state index contributed by atoms with van der Waals surface area (Å²) in [6.45, 7) is -0.409. The number of primary amides is 1. The number of carbonyl (C=O) groups is 1. The van der Waals surface area contributed by atoms with E-state index in [1.54, 1.807) is 0 Å². The van der Waals surface area contributed by atoms with E-state index in [0.29, 0.717) is 12.1 Å². The Morgan fingerprint density at radius 2 is 1.79 bits per heavy atom. The lowest BCUT2D eigenvalue weighted by atomic mass is 10.2. The van der Waals surface area contributed by atoms with Gasteiger partial charge in [0.1, 0.15) is 17.5 Å². The molecule has 0 atom stereocenters. The molecule has 0 spiro atoms. The van der Waals surface area contributed by atoms with Crippen LogP contribution in [0.5, 0.6) is 0 Å². The van der Waals surface area contributed by atoms with Crippen molar-refractivity contribution < 1.29 is 18.0 Å². The molecule has 0 radical (unpaired) electrons. The van der Waals surface area contributed by atoms with E-state index >= 15 is 0 Å². The zero-order valence-corrected chi connectivity index (χ0v) is 6.98. The number of nitrogens with two attached hydrogens (primary N) is 1. The van der Waals surface area contributed by atoms with E-state index in [9.17, 15) is 18.0 Å². The fourth-order valence-corrected chi connectivity index (χ4v) is 0.916. The Morgan fingerprint density at radius 3 is 2.21 bits per heavy atom. The van der Waals surface area contributed by atoms with E-state index in [1.165, 1.54) is 0 Å². The molecular weight excluding hydrogens is 197 g/mol. The monoisotopic (exact) mass is 204 g/mol. The van der Waals surface area contributed by atoms with Gasteiger partial charge >= 0.3 is 6.03 Å². The molecule has 76 valence electrons. The molecular formula is C8H7F3N2O. The normalized spacial score (nSPS) is 9.93. The first-order chi connectivity index (χ1) is 6.50. The van der Waals surface area contributed by atoms with Crippen molar-refractivity contribution in [3.63, 3.8) is 0 Å². The van der Waals surface area contributed by atoms with Gasteiger partial charge in [0.25, 0.3) is 0 Å². The molecule has 0 aliphatic carbocycles.